The summed E-state index contributed by atoms with van der Waals surface area (Å²) in [6, 6.07) is 10.5. The summed E-state index contributed by atoms with van der Waals surface area (Å²) in [4.78, 5) is 5.38. The number of hydrogen-bond acceptors (Lipinski definition) is 3. The Balaban J connectivity index is 1.85. The quantitative estimate of drug-likeness (QED) is 0.755. The smallest absolute Gasteiger partial charge is 0.130 e. The van der Waals surface area contributed by atoms with Gasteiger partial charge in [0.1, 0.15) is 5.82 Å². The SMILES string of the molecule is Sc1cccc(C2=CC=CC3Nc4ncc(Cl)cc4C23)c1. The number of fused-ring (bicyclic) bond motifs is 3. The van der Waals surface area contributed by atoms with Crippen molar-refractivity contribution in [3.63, 3.8) is 0 Å². The Morgan fingerprint density at radius 3 is 3.00 bits per heavy atom. The average Bonchev–Trinajstić information content (AvgIpc) is 2.85. The summed E-state index contributed by atoms with van der Waals surface area (Å²) in [6.45, 7) is 0. The van der Waals surface area contributed by atoms with Gasteiger partial charge < -0.3 is 5.32 Å². The van der Waals surface area contributed by atoms with E-state index in [-0.39, 0.29) is 12.0 Å². The molecule has 0 radical (unpaired) electrons. The molecule has 1 aliphatic heterocycles. The molecular formula is C17H13ClN2S. The molecule has 2 heterocycles. The van der Waals surface area contributed by atoms with Gasteiger partial charge in [-0.1, -0.05) is 42.0 Å². The van der Waals surface area contributed by atoms with Gasteiger partial charge >= 0.3 is 0 Å². The van der Waals surface area contributed by atoms with Crippen LogP contribution in [0.2, 0.25) is 5.02 Å². The van der Waals surface area contributed by atoms with E-state index in [1.807, 2.05) is 18.2 Å². The molecule has 0 amide bonds. The number of rotatable bonds is 1. The molecule has 0 spiro atoms. The van der Waals surface area contributed by atoms with Gasteiger partial charge in [-0.25, -0.2) is 4.98 Å². The summed E-state index contributed by atoms with van der Waals surface area (Å²) in [7, 11) is 0. The lowest BCUT2D eigenvalue weighted by Crippen LogP contribution is -2.21. The van der Waals surface area contributed by atoms with Gasteiger partial charge in [0.05, 0.1) is 11.1 Å². The lowest BCUT2D eigenvalue weighted by Gasteiger charge is -2.24. The van der Waals surface area contributed by atoms with E-state index in [0.29, 0.717) is 5.02 Å². The topological polar surface area (TPSA) is 24.9 Å². The average molecular weight is 313 g/mol. The van der Waals surface area contributed by atoms with Crippen molar-refractivity contribution in [2.24, 2.45) is 0 Å². The lowest BCUT2D eigenvalue weighted by atomic mass is 9.81. The first kappa shape index (κ1) is 13.0. The number of nitrogens with one attached hydrogen (secondary N) is 1. The monoisotopic (exact) mass is 312 g/mol. The van der Waals surface area contributed by atoms with Crippen molar-refractivity contribution in [1.29, 1.82) is 0 Å². The summed E-state index contributed by atoms with van der Waals surface area (Å²) >= 11 is 10.6. The van der Waals surface area contributed by atoms with Crippen LogP contribution in [0.5, 0.6) is 0 Å². The molecule has 0 fully saturated rings. The van der Waals surface area contributed by atoms with E-state index in [9.17, 15) is 0 Å². The fourth-order valence-corrected chi connectivity index (χ4v) is 3.50. The van der Waals surface area contributed by atoms with Crippen LogP contribution in [0.15, 0.2) is 59.7 Å². The van der Waals surface area contributed by atoms with Crippen molar-refractivity contribution in [1.82, 2.24) is 4.98 Å². The molecule has 2 unspecified atom stereocenters. The van der Waals surface area contributed by atoms with Gasteiger partial charge in [0.15, 0.2) is 0 Å². The maximum atomic E-state index is 6.13. The minimum atomic E-state index is 0.231. The number of anilines is 1. The standard InChI is InChI=1S/C17H13ClN2S/c18-11-8-14-16-13(10-3-1-4-12(21)7-10)5-2-6-15(16)20-17(14)19-9-11/h1-9,15-16,21H,(H,19,20). The molecule has 1 N–H and O–H groups in total. The number of halogens is 1. The van der Waals surface area contributed by atoms with Crippen molar-refractivity contribution < 1.29 is 0 Å². The molecule has 1 aromatic heterocycles. The molecule has 1 aliphatic carbocycles. The molecule has 4 rings (SSSR count). The third kappa shape index (κ3) is 2.17. The largest absolute Gasteiger partial charge is 0.363 e. The minimum absolute atomic E-state index is 0.231. The van der Waals surface area contributed by atoms with E-state index in [0.717, 1.165) is 16.3 Å². The first-order chi connectivity index (χ1) is 10.2. The summed E-state index contributed by atoms with van der Waals surface area (Å²) in [5, 5.41) is 4.14. The molecule has 1 aromatic carbocycles. The Morgan fingerprint density at radius 2 is 2.14 bits per heavy atom. The second kappa shape index (κ2) is 4.93. The molecule has 0 saturated carbocycles. The van der Waals surface area contributed by atoms with Crippen LogP contribution in [0, 0.1) is 0 Å². The van der Waals surface area contributed by atoms with Crippen molar-refractivity contribution in [2.75, 3.05) is 5.32 Å². The highest BCUT2D eigenvalue weighted by molar-refractivity contribution is 7.80. The zero-order chi connectivity index (χ0) is 14.4. The van der Waals surface area contributed by atoms with Gasteiger partial charge in [0.25, 0.3) is 0 Å². The van der Waals surface area contributed by atoms with Crippen molar-refractivity contribution in [3.05, 3.63) is 70.9 Å². The Hall–Kier alpha value is -1.71. The Bertz CT molecular complexity index is 782. The number of nitrogens with zero attached hydrogens (tertiary/aromatic N) is 1. The Labute approximate surface area is 134 Å². The van der Waals surface area contributed by atoms with Crippen LogP contribution in [0.3, 0.4) is 0 Å². The van der Waals surface area contributed by atoms with Crippen LogP contribution < -0.4 is 5.32 Å². The van der Waals surface area contributed by atoms with Gasteiger partial charge in [0.2, 0.25) is 0 Å². The second-order valence-corrected chi connectivity index (χ2v) is 6.25. The summed E-state index contributed by atoms with van der Waals surface area (Å²) < 4.78 is 0. The van der Waals surface area contributed by atoms with Gasteiger partial charge in [-0.2, -0.15) is 0 Å². The van der Waals surface area contributed by atoms with E-state index in [2.05, 4.69) is 53.3 Å². The zero-order valence-corrected chi connectivity index (χ0v) is 12.8. The molecular weight excluding hydrogens is 300 g/mol. The van der Waals surface area contributed by atoms with E-state index in [4.69, 9.17) is 11.6 Å². The number of allylic oxidation sites excluding steroid dienone is 2. The van der Waals surface area contributed by atoms with Crippen LogP contribution in [-0.2, 0) is 0 Å². The summed E-state index contributed by atoms with van der Waals surface area (Å²) in [5.41, 5.74) is 3.62. The second-order valence-electron chi connectivity index (χ2n) is 5.30. The van der Waals surface area contributed by atoms with Crippen LogP contribution in [0.1, 0.15) is 17.0 Å². The van der Waals surface area contributed by atoms with Gasteiger partial charge in [-0.15, -0.1) is 12.6 Å². The van der Waals surface area contributed by atoms with Gasteiger partial charge in [-0.3, -0.25) is 0 Å². The van der Waals surface area contributed by atoms with Crippen LogP contribution in [0.25, 0.3) is 5.57 Å². The van der Waals surface area contributed by atoms with Crippen LogP contribution in [0.4, 0.5) is 5.82 Å². The number of aromatic nitrogens is 1. The number of benzene rings is 1. The molecule has 2 aromatic rings. The number of pyridine rings is 1. The predicted octanol–water partition coefficient (Wildman–Crippen LogP) is 4.55. The minimum Gasteiger partial charge on any atom is -0.363 e. The first-order valence-corrected chi connectivity index (χ1v) is 7.64. The molecule has 2 nitrogen and oxygen atoms in total. The molecule has 2 aliphatic rings. The van der Waals surface area contributed by atoms with Crippen molar-refractivity contribution >= 4 is 35.6 Å². The first-order valence-electron chi connectivity index (χ1n) is 6.82. The zero-order valence-electron chi connectivity index (χ0n) is 11.1. The van der Waals surface area contributed by atoms with Crippen LogP contribution in [-0.4, -0.2) is 11.0 Å². The Kier molecular flexibility index (Phi) is 3.05. The van der Waals surface area contributed by atoms with Gasteiger partial charge in [0, 0.05) is 22.6 Å². The summed E-state index contributed by atoms with van der Waals surface area (Å²) in [5.74, 6) is 1.17. The normalized spacial score (nSPS) is 22.3. The Morgan fingerprint density at radius 1 is 1.24 bits per heavy atom. The van der Waals surface area contributed by atoms with E-state index < -0.39 is 0 Å². The highest BCUT2D eigenvalue weighted by Gasteiger charge is 2.36. The predicted molar refractivity (Wildman–Crippen MR) is 90.2 cm³/mol. The van der Waals surface area contributed by atoms with E-state index in [1.54, 1.807) is 6.20 Å². The third-order valence-electron chi connectivity index (χ3n) is 3.99. The highest BCUT2D eigenvalue weighted by atomic mass is 35.5. The molecule has 21 heavy (non-hydrogen) atoms. The summed E-state index contributed by atoms with van der Waals surface area (Å²) in [6.07, 6.45) is 8.13. The highest BCUT2D eigenvalue weighted by Crippen LogP contribution is 2.46. The fraction of sp³-hybridized carbons (Fsp3) is 0.118. The maximum Gasteiger partial charge on any atom is 0.130 e. The van der Waals surface area contributed by atoms with Crippen LogP contribution >= 0.6 is 24.2 Å². The van der Waals surface area contributed by atoms with E-state index >= 15 is 0 Å². The molecule has 0 saturated heterocycles. The third-order valence-corrected chi connectivity index (χ3v) is 4.48. The molecule has 2 atom stereocenters. The number of hydrogen-bond donors (Lipinski definition) is 2. The molecule has 4 heteroatoms. The number of thiol groups is 1. The van der Waals surface area contributed by atoms with Gasteiger partial charge in [-0.05, 0) is 29.3 Å². The molecule has 104 valence electrons. The van der Waals surface area contributed by atoms with Crippen molar-refractivity contribution in [3.8, 4) is 0 Å². The van der Waals surface area contributed by atoms with Crippen molar-refractivity contribution in [2.45, 2.75) is 16.9 Å². The lowest BCUT2D eigenvalue weighted by molar-refractivity contribution is 0.822. The maximum absolute atomic E-state index is 6.13. The van der Waals surface area contributed by atoms with E-state index in [1.165, 1.54) is 11.1 Å². The molecule has 0 bridgehead atoms. The fourth-order valence-electron chi connectivity index (χ4n) is 3.11.